The first-order valence-corrected chi connectivity index (χ1v) is 6.13. The summed E-state index contributed by atoms with van der Waals surface area (Å²) < 4.78 is 0. The lowest BCUT2D eigenvalue weighted by molar-refractivity contribution is 0.248. The molecule has 18 heavy (non-hydrogen) atoms. The molecule has 4 N–H and O–H groups in total. The molecule has 0 aliphatic carbocycles. The Labute approximate surface area is 108 Å². The van der Waals surface area contributed by atoms with Crippen molar-refractivity contribution in [3.8, 4) is 6.07 Å². The molecule has 0 amide bonds. The van der Waals surface area contributed by atoms with Crippen molar-refractivity contribution in [2.75, 3.05) is 24.2 Å². The van der Waals surface area contributed by atoms with Crippen molar-refractivity contribution in [2.24, 2.45) is 5.41 Å². The Kier molecular flexibility index (Phi) is 4.99. The van der Waals surface area contributed by atoms with Crippen LogP contribution in [0.1, 0.15) is 32.3 Å². The molecule has 0 atom stereocenters. The van der Waals surface area contributed by atoms with Crippen LogP contribution in [0.5, 0.6) is 0 Å². The summed E-state index contributed by atoms with van der Waals surface area (Å²) in [7, 11) is 0. The minimum Gasteiger partial charge on any atom is -0.396 e. The third-order valence-corrected chi connectivity index (χ3v) is 3.00. The zero-order valence-corrected chi connectivity index (χ0v) is 11.0. The van der Waals surface area contributed by atoms with Gasteiger partial charge in [0.2, 0.25) is 0 Å². The Morgan fingerprint density at radius 3 is 2.78 bits per heavy atom. The Morgan fingerprint density at radius 2 is 2.17 bits per heavy atom. The first-order chi connectivity index (χ1) is 8.50. The second-order valence-electron chi connectivity index (χ2n) is 5.22. The van der Waals surface area contributed by atoms with Gasteiger partial charge in [0.05, 0.1) is 16.9 Å². The maximum absolute atomic E-state index is 8.90. The number of aliphatic hydroxyl groups excluding tert-OH is 1. The number of hydrogen-bond acceptors (Lipinski definition) is 4. The number of nitrogens with one attached hydrogen (secondary N) is 1. The Hall–Kier alpha value is -1.73. The van der Waals surface area contributed by atoms with Crippen LogP contribution in [0.4, 0.5) is 11.4 Å². The van der Waals surface area contributed by atoms with E-state index in [0.717, 1.165) is 25.1 Å². The van der Waals surface area contributed by atoms with E-state index in [1.165, 1.54) is 0 Å². The number of rotatable bonds is 6. The highest BCUT2D eigenvalue weighted by Gasteiger charge is 2.17. The van der Waals surface area contributed by atoms with E-state index in [1.807, 2.05) is 12.1 Å². The topological polar surface area (TPSA) is 82.1 Å². The summed E-state index contributed by atoms with van der Waals surface area (Å²) in [6, 6.07) is 7.47. The Bertz CT molecular complexity index is 435. The number of benzene rings is 1. The highest BCUT2D eigenvalue weighted by atomic mass is 16.2. The molecule has 1 aromatic rings. The van der Waals surface area contributed by atoms with Gasteiger partial charge in [0, 0.05) is 13.2 Å². The Morgan fingerprint density at radius 1 is 1.44 bits per heavy atom. The van der Waals surface area contributed by atoms with Gasteiger partial charge in [-0.3, -0.25) is 0 Å². The van der Waals surface area contributed by atoms with Crippen LogP contribution in [0.25, 0.3) is 0 Å². The number of hydrogen-bond donors (Lipinski definition) is 3. The minimum atomic E-state index is 0.0812. The monoisotopic (exact) mass is 247 g/mol. The highest BCUT2D eigenvalue weighted by Crippen LogP contribution is 2.26. The standard InChI is InChI=1S/C14H21N3O/c1-14(2,7-4-8-18)10-17-12-6-3-5-11(9-15)13(12)16/h3,5-6,17-18H,4,7-8,10,16H2,1-2H3. The zero-order valence-electron chi connectivity index (χ0n) is 11.0. The van der Waals surface area contributed by atoms with E-state index in [4.69, 9.17) is 16.1 Å². The second-order valence-corrected chi connectivity index (χ2v) is 5.22. The van der Waals surface area contributed by atoms with E-state index < -0.39 is 0 Å². The fraction of sp³-hybridized carbons (Fsp3) is 0.500. The first-order valence-electron chi connectivity index (χ1n) is 6.13. The molecule has 0 unspecified atom stereocenters. The van der Waals surface area contributed by atoms with Crippen molar-refractivity contribution in [2.45, 2.75) is 26.7 Å². The molecule has 0 spiro atoms. The summed E-state index contributed by atoms with van der Waals surface area (Å²) in [5, 5.41) is 21.0. The van der Waals surface area contributed by atoms with Gasteiger partial charge < -0.3 is 16.2 Å². The number of nitriles is 1. The number of nitrogens with zero attached hydrogens (tertiary/aromatic N) is 1. The zero-order chi connectivity index (χ0) is 13.6. The lowest BCUT2D eigenvalue weighted by Crippen LogP contribution is -2.23. The van der Waals surface area contributed by atoms with E-state index in [0.29, 0.717) is 11.3 Å². The van der Waals surface area contributed by atoms with E-state index in [1.54, 1.807) is 6.07 Å². The summed E-state index contributed by atoms with van der Waals surface area (Å²) in [5.41, 5.74) is 7.77. The normalized spacial score (nSPS) is 11.0. The van der Waals surface area contributed by atoms with Crippen molar-refractivity contribution in [1.82, 2.24) is 0 Å². The van der Waals surface area contributed by atoms with Gasteiger partial charge in [-0.05, 0) is 30.4 Å². The molecule has 1 rings (SSSR count). The van der Waals surface area contributed by atoms with Crippen LogP contribution < -0.4 is 11.1 Å². The molecule has 98 valence electrons. The largest absolute Gasteiger partial charge is 0.396 e. The molecule has 0 radical (unpaired) electrons. The van der Waals surface area contributed by atoms with Gasteiger partial charge in [-0.25, -0.2) is 0 Å². The predicted molar refractivity (Wildman–Crippen MR) is 74.2 cm³/mol. The molecule has 0 aliphatic rings. The van der Waals surface area contributed by atoms with E-state index in [9.17, 15) is 0 Å². The summed E-state index contributed by atoms with van der Waals surface area (Å²) in [6.07, 6.45) is 1.73. The van der Waals surface area contributed by atoms with Crippen LogP contribution in [-0.4, -0.2) is 18.3 Å². The van der Waals surface area contributed by atoms with Gasteiger partial charge in [-0.1, -0.05) is 19.9 Å². The van der Waals surface area contributed by atoms with Gasteiger partial charge in [-0.2, -0.15) is 5.26 Å². The summed E-state index contributed by atoms with van der Waals surface area (Å²) in [6.45, 7) is 5.25. The highest BCUT2D eigenvalue weighted by molar-refractivity contribution is 5.72. The molecule has 0 bridgehead atoms. The van der Waals surface area contributed by atoms with Crippen molar-refractivity contribution in [3.05, 3.63) is 23.8 Å². The summed E-state index contributed by atoms with van der Waals surface area (Å²) >= 11 is 0. The summed E-state index contributed by atoms with van der Waals surface area (Å²) in [5.74, 6) is 0. The fourth-order valence-electron chi connectivity index (χ4n) is 1.80. The molecule has 0 fully saturated rings. The van der Waals surface area contributed by atoms with Crippen molar-refractivity contribution in [1.29, 1.82) is 5.26 Å². The smallest absolute Gasteiger partial charge is 0.101 e. The minimum absolute atomic E-state index is 0.0812. The molecular formula is C14H21N3O. The third kappa shape index (κ3) is 3.94. The van der Waals surface area contributed by atoms with E-state index in [2.05, 4.69) is 25.2 Å². The van der Waals surface area contributed by atoms with Crippen LogP contribution in [-0.2, 0) is 0 Å². The quantitative estimate of drug-likeness (QED) is 0.674. The molecular weight excluding hydrogens is 226 g/mol. The average molecular weight is 247 g/mol. The van der Waals surface area contributed by atoms with E-state index in [-0.39, 0.29) is 12.0 Å². The molecule has 0 aliphatic heterocycles. The van der Waals surface area contributed by atoms with Crippen LogP contribution in [0.15, 0.2) is 18.2 Å². The van der Waals surface area contributed by atoms with E-state index >= 15 is 0 Å². The molecule has 0 saturated carbocycles. The lowest BCUT2D eigenvalue weighted by Gasteiger charge is -2.25. The van der Waals surface area contributed by atoms with Gasteiger partial charge in [-0.15, -0.1) is 0 Å². The fourth-order valence-corrected chi connectivity index (χ4v) is 1.80. The number of anilines is 2. The molecule has 0 heterocycles. The van der Waals surface area contributed by atoms with Gasteiger partial charge in [0.1, 0.15) is 6.07 Å². The van der Waals surface area contributed by atoms with Crippen LogP contribution >= 0.6 is 0 Å². The van der Waals surface area contributed by atoms with Crippen LogP contribution in [0.3, 0.4) is 0 Å². The van der Waals surface area contributed by atoms with Gasteiger partial charge in [0.25, 0.3) is 0 Å². The maximum Gasteiger partial charge on any atom is 0.101 e. The number of aliphatic hydroxyl groups is 1. The number of nitrogens with two attached hydrogens (primary N) is 1. The molecule has 1 aromatic carbocycles. The van der Waals surface area contributed by atoms with Crippen molar-refractivity contribution < 1.29 is 5.11 Å². The lowest BCUT2D eigenvalue weighted by atomic mass is 9.88. The molecule has 4 nitrogen and oxygen atoms in total. The molecule has 0 aromatic heterocycles. The van der Waals surface area contributed by atoms with Gasteiger partial charge >= 0.3 is 0 Å². The first kappa shape index (κ1) is 14.3. The number of para-hydroxylation sites is 1. The van der Waals surface area contributed by atoms with Crippen molar-refractivity contribution >= 4 is 11.4 Å². The summed E-state index contributed by atoms with van der Waals surface area (Å²) in [4.78, 5) is 0. The average Bonchev–Trinajstić information content (AvgIpc) is 2.35. The van der Waals surface area contributed by atoms with Crippen molar-refractivity contribution in [3.63, 3.8) is 0 Å². The molecule has 4 heteroatoms. The Balaban J connectivity index is 2.66. The van der Waals surface area contributed by atoms with Crippen LogP contribution in [0.2, 0.25) is 0 Å². The predicted octanol–water partition coefficient (Wildman–Crippen LogP) is 2.35. The molecule has 0 saturated heterocycles. The number of nitrogen functional groups attached to an aromatic ring is 1. The second kappa shape index (κ2) is 6.27. The SMILES string of the molecule is CC(C)(CCCO)CNc1cccc(C#N)c1N. The van der Waals surface area contributed by atoms with Gasteiger partial charge in [0.15, 0.2) is 0 Å². The third-order valence-electron chi connectivity index (χ3n) is 3.00. The maximum atomic E-state index is 8.90. The van der Waals surface area contributed by atoms with Crippen LogP contribution in [0, 0.1) is 16.7 Å².